The van der Waals surface area contributed by atoms with E-state index in [4.69, 9.17) is 14.2 Å². The first-order valence-corrected chi connectivity index (χ1v) is 16.7. The minimum Gasteiger partial charge on any atom is -0.460 e. The normalized spacial score (nSPS) is 23.9. The van der Waals surface area contributed by atoms with Gasteiger partial charge in [-0.3, -0.25) is 14.5 Å². The SMILES string of the molecule is COC1CC2CCC1(CN(Cc1ccccc1)[C@H](c1ccccc1)[C@H](C(=O)OC(C)(C)C)[C@@H](OC(C)=O)c1ccccc1)C2(C)C. The molecule has 0 saturated heterocycles. The molecule has 2 saturated carbocycles. The van der Waals surface area contributed by atoms with Crippen molar-refractivity contribution in [3.8, 4) is 0 Å². The zero-order chi connectivity index (χ0) is 33.1. The summed E-state index contributed by atoms with van der Waals surface area (Å²) in [4.78, 5) is 30.0. The molecule has 0 amide bonds. The predicted molar refractivity (Wildman–Crippen MR) is 181 cm³/mol. The predicted octanol–water partition coefficient (Wildman–Crippen LogP) is 8.33. The van der Waals surface area contributed by atoms with Crippen LogP contribution in [0.3, 0.4) is 0 Å². The molecule has 3 aromatic rings. The summed E-state index contributed by atoms with van der Waals surface area (Å²) in [6.45, 7) is 13.2. The number of hydrogen-bond acceptors (Lipinski definition) is 6. The molecule has 0 radical (unpaired) electrons. The van der Waals surface area contributed by atoms with Gasteiger partial charge in [0.05, 0.1) is 12.1 Å². The molecule has 0 aliphatic heterocycles. The van der Waals surface area contributed by atoms with Crippen LogP contribution in [0.15, 0.2) is 91.0 Å². The van der Waals surface area contributed by atoms with Crippen LogP contribution in [0.25, 0.3) is 0 Å². The van der Waals surface area contributed by atoms with Gasteiger partial charge in [-0.1, -0.05) is 105 Å². The number of carbonyl (C=O) groups excluding carboxylic acids is 2. The topological polar surface area (TPSA) is 65.1 Å². The number of hydrogen-bond donors (Lipinski definition) is 0. The summed E-state index contributed by atoms with van der Waals surface area (Å²) in [5, 5.41) is 0. The molecule has 3 aromatic carbocycles. The van der Waals surface area contributed by atoms with Crippen molar-refractivity contribution in [3.63, 3.8) is 0 Å². The highest BCUT2D eigenvalue weighted by Gasteiger charge is 2.65. The van der Waals surface area contributed by atoms with Crippen molar-refractivity contribution in [2.24, 2.45) is 22.7 Å². The Hall–Kier alpha value is -3.48. The Kier molecular flexibility index (Phi) is 10.1. The van der Waals surface area contributed by atoms with Crippen LogP contribution in [0.2, 0.25) is 0 Å². The van der Waals surface area contributed by atoms with Crippen molar-refractivity contribution >= 4 is 11.9 Å². The number of rotatable bonds is 12. The third-order valence-electron chi connectivity index (χ3n) is 10.7. The maximum absolute atomic E-state index is 14.7. The van der Waals surface area contributed by atoms with Crippen molar-refractivity contribution < 1.29 is 23.8 Å². The third kappa shape index (κ3) is 6.94. The number of ether oxygens (including phenoxy) is 3. The summed E-state index contributed by atoms with van der Waals surface area (Å²) < 4.78 is 18.7. The molecule has 2 bridgehead atoms. The average Bonchev–Trinajstić information content (AvgIpc) is 3.38. The van der Waals surface area contributed by atoms with E-state index >= 15 is 0 Å². The Morgan fingerprint density at radius 1 is 0.891 bits per heavy atom. The van der Waals surface area contributed by atoms with Crippen LogP contribution in [-0.2, 0) is 30.3 Å². The number of fused-ring (bicyclic) bond motifs is 2. The lowest BCUT2D eigenvalue weighted by Crippen LogP contribution is -2.52. The summed E-state index contributed by atoms with van der Waals surface area (Å²) in [5.41, 5.74) is 2.04. The fourth-order valence-corrected chi connectivity index (χ4v) is 8.39. The number of nitrogens with zero attached hydrogens (tertiary/aromatic N) is 1. The Morgan fingerprint density at radius 3 is 1.98 bits per heavy atom. The van der Waals surface area contributed by atoms with Gasteiger partial charge in [0.25, 0.3) is 0 Å². The van der Waals surface area contributed by atoms with E-state index in [9.17, 15) is 9.59 Å². The van der Waals surface area contributed by atoms with Gasteiger partial charge in [-0.05, 0) is 68.1 Å². The molecule has 2 aliphatic carbocycles. The molecule has 2 aliphatic rings. The summed E-state index contributed by atoms with van der Waals surface area (Å²) in [5.74, 6) is -1.13. The van der Waals surface area contributed by atoms with E-state index in [0.29, 0.717) is 19.0 Å². The van der Waals surface area contributed by atoms with Gasteiger partial charge in [0.1, 0.15) is 17.6 Å². The molecular formula is C40H51NO5. The van der Waals surface area contributed by atoms with E-state index in [1.54, 1.807) is 0 Å². The second-order valence-electron chi connectivity index (χ2n) is 14.8. The molecule has 0 N–H and O–H groups in total. The van der Waals surface area contributed by atoms with E-state index in [1.165, 1.54) is 6.92 Å². The van der Waals surface area contributed by atoms with Crippen LogP contribution in [0.4, 0.5) is 0 Å². The van der Waals surface area contributed by atoms with Gasteiger partial charge in [-0.15, -0.1) is 0 Å². The molecule has 6 nitrogen and oxygen atoms in total. The fraction of sp³-hybridized carbons (Fsp3) is 0.500. The average molecular weight is 626 g/mol. The highest BCUT2D eigenvalue weighted by atomic mass is 16.6. The Morgan fingerprint density at radius 2 is 1.46 bits per heavy atom. The molecular weight excluding hydrogens is 574 g/mol. The van der Waals surface area contributed by atoms with E-state index < -0.39 is 35.6 Å². The Balaban J connectivity index is 1.74. The van der Waals surface area contributed by atoms with Crippen molar-refractivity contribution in [1.82, 2.24) is 4.90 Å². The van der Waals surface area contributed by atoms with Gasteiger partial charge in [-0.25, -0.2) is 0 Å². The second-order valence-corrected chi connectivity index (χ2v) is 14.8. The minimum absolute atomic E-state index is 0.0417. The van der Waals surface area contributed by atoms with Gasteiger partial charge in [0, 0.05) is 32.5 Å². The van der Waals surface area contributed by atoms with Crippen LogP contribution < -0.4 is 0 Å². The number of carbonyl (C=O) groups is 2. The second kappa shape index (κ2) is 13.7. The molecule has 6 atom stereocenters. The van der Waals surface area contributed by atoms with Crippen LogP contribution in [-0.4, -0.2) is 42.2 Å². The highest BCUT2D eigenvalue weighted by Crippen LogP contribution is 2.67. The van der Waals surface area contributed by atoms with Gasteiger partial charge >= 0.3 is 11.9 Å². The standard InChI is InChI=1S/C40H51NO5/c1-28(42)45-36(31-21-15-10-16-22-31)34(37(43)46-38(2,3)4)35(30-19-13-9-14-20-30)41(26-29-17-11-8-12-18-29)27-40-24-23-32(39(40,5)6)25-33(40)44-7/h8-22,32-36H,23-27H2,1-7H3/t32?,33?,34-,35+,36-,40?/m0/s1. The number of benzene rings is 3. The largest absolute Gasteiger partial charge is 0.460 e. The molecule has 46 heavy (non-hydrogen) atoms. The van der Waals surface area contributed by atoms with E-state index in [-0.39, 0.29) is 16.9 Å². The first-order chi connectivity index (χ1) is 21.9. The maximum atomic E-state index is 14.7. The molecule has 6 heteroatoms. The van der Waals surface area contributed by atoms with Crippen molar-refractivity contribution in [3.05, 3.63) is 108 Å². The molecule has 0 spiro atoms. The van der Waals surface area contributed by atoms with Crippen LogP contribution in [0.1, 0.15) is 89.6 Å². The van der Waals surface area contributed by atoms with Gasteiger partial charge in [0.2, 0.25) is 0 Å². The first-order valence-electron chi connectivity index (χ1n) is 16.7. The van der Waals surface area contributed by atoms with Crippen molar-refractivity contribution in [1.29, 1.82) is 0 Å². The summed E-state index contributed by atoms with van der Waals surface area (Å²) in [6.07, 6.45) is 2.49. The third-order valence-corrected chi connectivity index (χ3v) is 10.7. The van der Waals surface area contributed by atoms with Crippen molar-refractivity contribution in [2.75, 3.05) is 13.7 Å². The van der Waals surface area contributed by atoms with E-state index in [1.807, 2.05) is 82.5 Å². The zero-order valence-electron chi connectivity index (χ0n) is 28.6. The molecule has 246 valence electrons. The zero-order valence-corrected chi connectivity index (χ0v) is 28.6. The lowest BCUT2D eigenvalue weighted by atomic mass is 9.67. The first kappa shape index (κ1) is 33.9. The van der Waals surface area contributed by atoms with Crippen molar-refractivity contribution in [2.45, 2.75) is 91.2 Å². The lowest BCUT2D eigenvalue weighted by Gasteiger charge is -2.48. The molecule has 3 unspecified atom stereocenters. The smallest absolute Gasteiger partial charge is 0.315 e. The van der Waals surface area contributed by atoms with Crippen LogP contribution >= 0.6 is 0 Å². The molecule has 2 fully saturated rings. The van der Waals surface area contributed by atoms with Gasteiger partial charge < -0.3 is 14.2 Å². The van der Waals surface area contributed by atoms with Gasteiger partial charge in [0.15, 0.2) is 0 Å². The van der Waals surface area contributed by atoms with Crippen LogP contribution in [0.5, 0.6) is 0 Å². The maximum Gasteiger partial charge on any atom is 0.315 e. The molecule has 0 aromatic heterocycles. The fourth-order valence-electron chi connectivity index (χ4n) is 8.39. The van der Waals surface area contributed by atoms with Gasteiger partial charge in [-0.2, -0.15) is 0 Å². The quantitative estimate of drug-likeness (QED) is 0.189. The Labute approximate surface area is 275 Å². The summed E-state index contributed by atoms with van der Waals surface area (Å²) in [7, 11) is 1.84. The van der Waals surface area contributed by atoms with E-state index in [2.05, 4.69) is 55.1 Å². The summed E-state index contributed by atoms with van der Waals surface area (Å²) in [6, 6.07) is 29.7. The van der Waals surface area contributed by atoms with E-state index in [0.717, 1.165) is 36.0 Å². The minimum atomic E-state index is -0.874. The molecule has 0 heterocycles. The number of esters is 2. The molecule has 5 rings (SSSR count). The highest BCUT2D eigenvalue weighted by molar-refractivity contribution is 5.76. The summed E-state index contributed by atoms with van der Waals surface area (Å²) >= 11 is 0. The number of methoxy groups -OCH3 is 1. The lowest BCUT2D eigenvalue weighted by molar-refractivity contribution is -0.175. The Bertz CT molecular complexity index is 1450. The monoisotopic (exact) mass is 625 g/mol. The van der Waals surface area contributed by atoms with Crippen LogP contribution in [0, 0.1) is 22.7 Å².